The molecule has 120 valence electrons. The van der Waals surface area contributed by atoms with E-state index in [2.05, 4.69) is 5.32 Å². The van der Waals surface area contributed by atoms with E-state index in [9.17, 15) is 14.9 Å². The summed E-state index contributed by atoms with van der Waals surface area (Å²) in [6.45, 7) is 2.59. The number of carbonyl (C=O) groups is 1. The van der Waals surface area contributed by atoms with Gasteiger partial charge in [0.05, 0.1) is 23.6 Å². The van der Waals surface area contributed by atoms with Crippen molar-refractivity contribution in [3.05, 3.63) is 64.2 Å². The molecule has 0 fully saturated rings. The second-order valence-electron chi connectivity index (χ2n) is 4.99. The van der Waals surface area contributed by atoms with Gasteiger partial charge in [0, 0.05) is 12.1 Å². The summed E-state index contributed by atoms with van der Waals surface area (Å²) in [5.74, 6) is 0.429. The van der Waals surface area contributed by atoms with E-state index in [1.54, 1.807) is 24.3 Å². The number of nitrogens with zero attached hydrogens (tertiary/aromatic N) is 1. The van der Waals surface area contributed by atoms with E-state index < -0.39 is 4.92 Å². The maximum atomic E-state index is 12.1. The first kappa shape index (κ1) is 16.5. The van der Waals surface area contributed by atoms with Crippen LogP contribution in [0.2, 0.25) is 0 Å². The zero-order valence-electron chi connectivity index (χ0n) is 12.8. The number of para-hydroxylation sites is 2. The van der Waals surface area contributed by atoms with Crippen LogP contribution in [0.25, 0.3) is 0 Å². The maximum absolute atomic E-state index is 12.1. The number of hydrogen-bond acceptors (Lipinski definition) is 4. The Balaban J connectivity index is 2.00. The van der Waals surface area contributed by atoms with Gasteiger partial charge in [-0.25, -0.2) is 0 Å². The number of benzene rings is 2. The van der Waals surface area contributed by atoms with Crippen LogP contribution >= 0.6 is 0 Å². The molecule has 0 aliphatic rings. The number of nitro benzene ring substituents is 1. The SMILES string of the molecule is CCCOc1ccccc1NC(=O)Cc1ccc([N+](=O)[O-])cc1. The van der Waals surface area contributed by atoms with Gasteiger partial charge < -0.3 is 10.1 Å². The molecule has 2 rings (SSSR count). The van der Waals surface area contributed by atoms with Gasteiger partial charge >= 0.3 is 0 Å². The number of ether oxygens (including phenoxy) is 1. The van der Waals surface area contributed by atoms with Crippen LogP contribution in [0.1, 0.15) is 18.9 Å². The van der Waals surface area contributed by atoms with Crippen molar-refractivity contribution in [2.45, 2.75) is 19.8 Å². The fourth-order valence-corrected chi connectivity index (χ4v) is 2.02. The summed E-state index contributed by atoms with van der Waals surface area (Å²) in [7, 11) is 0. The molecule has 1 N–H and O–H groups in total. The Labute approximate surface area is 134 Å². The summed E-state index contributed by atoms with van der Waals surface area (Å²) in [5, 5.41) is 13.4. The summed E-state index contributed by atoms with van der Waals surface area (Å²) < 4.78 is 5.59. The molecule has 23 heavy (non-hydrogen) atoms. The van der Waals surface area contributed by atoms with E-state index in [0.29, 0.717) is 23.6 Å². The van der Waals surface area contributed by atoms with Crippen molar-refractivity contribution in [1.29, 1.82) is 0 Å². The highest BCUT2D eigenvalue weighted by atomic mass is 16.6. The molecule has 2 aromatic carbocycles. The summed E-state index contributed by atoms with van der Waals surface area (Å²) in [5.41, 5.74) is 1.33. The Morgan fingerprint density at radius 2 is 1.87 bits per heavy atom. The predicted molar refractivity (Wildman–Crippen MR) is 87.7 cm³/mol. The third kappa shape index (κ3) is 4.81. The minimum Gasteiger partial charge on any atom is -0.491 e. The van der Waals surface area contributed by atoms with Gasteiger partial charge in [0.1, 0.15) is 5.75 Å². The van der Waals surface area contributed by atoms with Crippen molar-refractivity contribution >= 4 is 17.3 Å². The number of nitro groups is 1. The lowest BCUT2D eigenvalue weighted by molar-refractivity contribution is -0.384. The average molecular weight is 314 g/mol. The van der Waals surface area contributed by atoms with Crippen molar-refractivity contribution in [3.63, 3.8) is 0 Å². The molecular formula is C17H18N2O4. The largest absolute Gasteiger partial charge is 0.491 e. The fraction of sp³-hybridized carbons (Fsp3) is 0.235. The standard InChI is InChI=1S/C17H18N2O4/c1-2-11-23-16-6-4-3-5-15(16)18-17(20)12-13-7-9-14(10-8-13)19(21)22/h3-10H,2,11-12H2,1H3,(H,18,20). The minimum absolute atomic E-state index is 0.00692. The van der Waals surface area contributed by atoms with Crippen molar-refractivity contribution in [1.82, 2.24) is 0 Å². The van der Waals surface area contributed by atoms with Crippen molar-refractivity contribution in [3.8, 4) is 5.75 Å². The van der Waals surface area contributed by atoms with Crippen LogP contribution in [0.4, 0.5) is 11.4 Å². The smallest absolute Gasteiger partial charge is 0.269 e. The molecule has 0 aliphatic carbocycles. The lowest BCUT2D eigenvalue weighted by atomic mass is 10.1. The first-order valence-electron chi connectivity index (χ1n) is 7.35. The van der Waals surface area contributed by atoms with Gasteiger partial charge in [0.15, 0.2) is 0 Å². The van der Waals surface area contributed by atoms with E-state index in [4.69, 9.17) is 4.74 Å². The Morgan fingerprint density at radius 1 is 1.17 bits per heavy atom. The molecular weight excluding hydrogens is 296 g/mol. The number of anilines is 1. The van der Waals surface area contributed by atoms with E-state index in [-0.39, 0.29) is 18.0 Å². The number of carbonyl (C=O) groups excluding carboxylic acids is 1. The van der Waals surface area contributed by atoms with Gasteiger partial charge in [-0.2, -0.15) is 0 Å². The molecule has 0 spiro atoms. The minimum atomic E-state index is -0.467. The summed E-state index contributed by atoms with van der Waals surface area (Å²) >= 11 is 0. The molecule has 0 radical (unpaired) electrons. The third-order valence-corrected chi connectivity index (χ3v) is 3.13. The first-order valence-corrected chi connectivity index (χ1v) is 7.35. The second kappa shape index (κ2) is 7.93. The van der Waals surface area contributed by atoms with Crippen LogP contribution in [-0.4, -0.2) is 17.4 Å². The van der Waals surface area contributed by atoms with Crippen LogP contribution < -0.4 is 10.1 Å². The Bertz CT molecular complexity index is 683. The van der Waals surface area contributed by atoms with Gasteiger partial charge in [-0.1, -0.05) is 31.2 Å². The number of rotatable bonds is 7. The van der Waals surface area contributed by atoms with Crippen LogP contribution in [0, 0.1) is 10.1 Å². The zero-order valence-corrected chi connectivity index (χ0v) is 12.8. The summed E-state index contributed by atoms with van der Waals surface area (Å²) in [6.07, 6.45) is 1.02. The van der Waals surface area contributed by atoms with Gasteiger partial charge in [0.2, 0.25) is 5.91 Å². The maximum Gasteiger partial charge on any atom is 0.269 e. The van der Waals surface area contributed by atoms with Gasteiger partial charge in [-0.15, -0.1) is 0 Å². The van der Waals surface area contributed by atoms with Crippen LogP contribution in [0.3, 0.4) is 0 Å². The molecule has 0 aliphatic heterocycles. The molecule has 0 atom stereocenters. The van der Waals surface area contributed by atoms with Crippen molar-refractivity contribution < 1.29 is 14.5 Å². The van der Waals surface area contributed by atoms with E-state index in [0.717, 1.165) is 6.42 Å². The Kier molecular flexibility index (Phi) is 5.68. The summed E-state index contributed by atoms with van der Waals surface area (Å²) in [6, 6.07) is 13.2. The average Bonchev–Trinajstić information content (AvgIpc) is 2.54. The quantitative estimate of drug-likeness (QED) is 0.625. The number of non-ortho nitro benzene ring substituents is 1. The molecule has 2 aromatic rings. The zero-order chi connectivity index (χ0) is 16.7. The highest BCUT2D eigenvalue weighted by Crippen LogP contribution is 2.24. The molecule has 0 aromatic heterocycles. The topological polar surface area (TPSA) is 81.5 Å². The molecule has 1 amide bonds. The Morgan fingerprint density at radius 3 is 2.52 bits per heavy atom. The highest BCUT2D eigenvalue weighted by Gasteiger charge is 2.10. The second-order valence-corrected chi connectivity index (χ2v) is 4.99. The number of nitrogens with one attached hydrogen (secondary N) is 1. The fourth-order valence-electron chi connectivity index (χ4n) is 2.02. The van der Waals surface area contributed by atoms with Crippen LogP contribution in [-0.2, 0) is 11.2 Å². The third-order valence-electron chi connectivity index (χ3n) is 3.13. The monoisotopic (exact) mass is 314 g/mol. The van der Waals surface area contributed by atoms with E-state index >= 15 is 0 Å². The van der Waals surface area contributed by atoms with Crippen LogP contribution in [0.15, 0.2) is 48.5 Å². The summed E-state index contributed by atoms with van der Waals surface area (Å²) in [4.78, 5) is 22.3. The first-order chi connectivity index (χ1) is 11.1. The van der Waals surface area contributed by atoms with Crippen molar-refractivity contribution in [2.24, 2.45) is 0 Å². The van der Waals surface area contributed by atoms with Gasteiger partial charge in [-0.05, 0) is 24.1 Å². The lowest BCUT2D eigenvalue weighted by Gasteiger charge is -2.11. The predicted octanol–water partition coefficient (Wildman–Crippen LogP) is 3.56. The van der Waals surface area contributed by atoms with Gasteiger partial charge in [-0.3, -0.25) is 14.9 Å². The molecule has 6 heteroatoms. The normalized spacial score (nSPS) is 10.1. The molecule has 0 heterocycles. The van der Waals surface area contributed by atoms with Gasteiger partial charge in [0.25, 0.3) is 5.69 Å². The molecule has 0 bridgehead atoms. The molecule has 6 nitrogen and oxygen atoms in total. The van der Waals surface area contributed by atoms with Crippen molar-refractivity contribution in [2.75, 3.05) is 11.9 Å². The lowest BCUT2D eigenvalue weighted by Crippen LogP contribution is -2.15. The van der Waals surface area contributed by atoms with E-state index in [1.807, 2.05) is 19.1 Å². The van der Waals surface area contributed by atoms with E-state index in [1.165, 1.54) is 12.1 Å². The molecule has 0 unspecified atom stereocenters. The molecule has 0 saturated carbocycles. The number of hydrogen-bond donors (Lipinski definition) is 1. The number of amides is 1. The highest BCUT2D eigenvalue weighted by molar-refractivity contribution is 5.93. The molecule has 0 saturated heterocycles. The Hall–Kier alpha value is -2.89. The van der Waals surface area contributed by atoms with Crippen LogP contribution in [0.5, 0.6) is 5.75 Å².